The van der Waals surface area contributed by atoms with Gasteiger partial charge in [0, 0.05) is 13.1 Å². The van der Waals surface area contributed by atoms with Gasteiger partial charge in [0.2, 0.25) is 11.6 Å². The summed E-state index contributed by atoms with van der Waals surface area (Å²) in [6, 6.07) is 0.275. The second-order valence-electron chi connectivity index (χ2n) is 5.05. The summed E-state index contributed by atoms with van der Waals surface area (Å²) in [4.78, 5) is 20.6. The van der Waals surface area contributed by atoms with E-state index in [4.69, 9.17) is 5.84 Å². The van der Waals surface area contributed by atoms with Crippen LogP contribution >= 0.6 is 0 Å². The SMILES string of the molecule is CN(c1ncnc(NN)c1[N+](=O)[O-])C1CCCCCC1. The van der Waals surface area contributed by atoms with Gasteiger partial charge in [-0.05, 0) is 12.8 Å². The first-order chi connectivity index (χ1) is 9.65. The lowest BCUT2D eigenvalue weighted by Crippen LogP contribution is -2.32. The minimum absolute atomic E-state index is 0.0421. The Labute approximate surface area is 117 Å². The number of nitrogens with one attached hydrogen (secondary N) is 1. The minimum atomic E-state index is -0.488. The Kier molecular flexibility index (Phi) is 4.67. The molecule has 1 saturated carbocycles. The third-order valence-electron chi connectivity index (χ3n) is 3.83. The standard InChI is InChI=1S/C12H20N6O2/c1-17(9-6-4-2-3-5-7-9)12-10(18(19)20)11(16-13)14-8-15-12/h8-9H,2-7,13H2,1H3,(H,14,15,16). The van der Waals surface area contributed by atoms with Crippen molar-refractivity contribution in [2.75, 3.05) is 17.4 Å². The molecule has 0 aliphatic heterocycles. The molecule has 1 aromatic rings. The van der Waals surface area contributed by atoms with E-state index in [9.17, 15) is 10.1 Å². The van der Waals surface area contributed by atoms with Gasteiger partial charge >= 0.3 is 5.69 Å². The van der Waals surface area contributed by atoms with Crippen molar-refractivity contribution < 1.29 is 4.92 Å². The minimum Gasteiger partial charge on any atom is -0.351 e. The van der Waals surface area contributed by atoms with Crippen LogP contribution in [0.2, 0.25) is 0 Å². The molecule has 20 heavy (non-hydrogen) atoms. The van der Waals surface area contributed by atoms with Crippen LogP contribution in [0.25, 0.3) is 0 Å². The number of nitrogens with two attached hydrogens (primary N) is 1. The van der Waals surface area contributed by atoms with Gasteiger partial charge in [-0.2, -0.15) is 0 Å². The summed E-state index contributed by atoms with van der Waals surface area (Å²) in [5.41, 5.74) is 2.10. The maximum Gasteiger partial charge on any atom is 0.354 e. The molecule has 3 N–H and O–H groups in total. The monoisotopic (exact) mass is 280 g/mol. The number of aromatic nitrogens is 2. The molecule has 2 rings (SSSR count). The molecule has 0 saturated heterocycles. The molecule has 1 aliphatic rings. The maximum atomic E-state index is 11.3. The maximum absolute atomic E-state index is 11.3. The van der Waals surface area contributed by atoms with Gasteiger partial charge < -0.3 is 10.3 Å². The summed E-state index contributed by atoms with van der Waals surface area (Å²) in [6.07, 6.45) is 8.11. The van der Waals surface area contributed by atoms with Crippen LogP contribution < -0.4 is 16.2 Å². The fraction of sp³-hybridized carbons (Fsp3) is 0.667. The number of hydrogen-bond donors (Lipinski definition) is 2. The van der Waals surface area contributed by atoms with Crippen LogP contribution in [-0.2, 0) is 0 Å². The Bertz CT molecular complexity index is 473. The third kappa shape index (κ3) is 2.96. The van der Waals surface area contributed by atoms with E-state index in [0.717, 1.165) is 25.7 Å². The van der Waals surface area contributed by atoms with Gasteiger partial charge in [-0.1, -0.05) is 25.7 Å². The molecule has 8 nitrogen and oxygen atoms in total. The number of anilines is 2. The summed E-state index contributed by atoms with van der Waals surface area (Å²) in [5.74, 6) is 5.66. The molecule has 0 radical (unpaired) electrons. The van der Waals surface area contributed by atoms with Gasteiger partial charge in [0.1, 0.15) is 6.33 Å². The van der Waals surface area contributed by atoms with E-state index in [-0.39, 0.29) is 17.5 Å². The Morgan fingerprint density at radius 2 is 2.00 bits per heavy atom. The first kappa shape index (κ1) is 14.4. The van der Waals surface area contributed by atoms with Crippen LogP contribution in [0.3, 0.4) is 0 Å². The van der Waals surface area contributed by atoms with Crippen LogP contribution in [0.5, 0.6) is 0 Å². The van der Waals surface area contributed by atoms with Crippen molar-refractivity contribution in [3.05, 3.63) is 16.4 Å². The number of rotatable bonds is 4. The summed E-state index contributed by atoms with van der Waals surface area (Å²) in [6.45, 7) is 0. The molecule has 0 amide bonds. The number of nitrogen functional groups attached to an aromatic ring is 1. The molecular weight excluding hydrogens is 260 g/mol. The van der Waals surface area contributed by atoms with Crippen molar-refractivity contribution in [3.63, 3.8) is 0 Å². The molecule has 0 aromatic carbocycles. The topological polar surface area (TPSA) is 110 Å². The van der Waals surface area contributed by atoms with E-state index in [0.29, 0.717) is 5.82 Å². The molecule has 0 unspecified atom stereocenters. The largest absolute Gasteiger partial charge is 0.354 e. The van der Waals surface area contributed by atoms with E-state index in [1.54, 1.807) is 0 Å². The second-order valence-corrected chi connectivity index (χ2v) is 5.05. The zero-order chi connectivity index (χ0) is 14.5. The fourth-order valence-corrected chi connectivity index (χ4v) is 2.72. The molecule has 0 spiro atoms. The quantitative estimate of drug-likeness (QED) is 0.374. The predicted octanol–water partition coefficient (Wildman–Crippen LogP) is 1.83. The zero-order valence-electron chi connectivity index (χ0n) is 11.6. The van der Waals surface area contributed by atoms with E-state index < -0.39 is 4.92 Å². The molecule has 0 bridgehead atoms. The first-order valence-electron chi connectivity index (χ1n) is 6.84. The van der Waals surface area contributed by atoms with Crippen molar-refractivity contribution >= 4 is 17.3 Å². The molecule has 1 aliphatic carbocycles. The highest BCUT2D eigenvalue weighted by molar-refractivity contribution is 5.69. The van der Waals surface area contributed by atoms with E-state index >= 15 is 0 Å². The molecular formula is C12H20N6O2. The van der Waals surface area contributed by atoms with Gasteiger partial charge in [0.25, 0.3) is 0 Å². The number of nitrogens with zero attached hydrogens (tertiary/aromatic N) is 4. The van der Waals surface area contributed by atoms with Crippen molar-refractivity contribution in [2.45, 2.75) is 44.6 Å². The van der Waals surface area contributed by atoms with Gasteiger partial charge in [0.05, 0.1) is 4.92 Å². The highest BCUT2D eigenvalue weighted by Gasteiger charge is 2.28. The molecule has 1 fully saturated rings. The van der Waals surface area contributed by atoms with Gasteiger partial charge in [-0.15, -0.1) is 0 Å². The molecule has 0 atom stereocenters. The van der Waals surface area contributed by atoms with Gasteiger partial charge in [-0.25, -0.2) is 15.8 Å². The van der Waals surface area contributed by atoms with E-state index in [2.05, 4.69) is 15.4 Å². The second kappa shape index (κ2) is 6.47. The van der Waals surface area contributed by atoms with Crippen molar-refractivity contribution in [3.8, 4) is 0 Å². The number of hydrogen-bond acceptors (Lipinski definition) is 7. The van der Waals surface area contributed by atoms with Crippen LogP contribution in [0, 0.1) is 10.1 Å². The molecule has 1 heterocycles. The van der Waals surface area contributed by atoms with E-state index in [1.165, 1.54) is 19.2 Å². The summed E-state index contributed by atoms with van der Waals surface area (Å²) >= 11 is 0. The number of hydrazine groups is 1. The Morgan fingerprint density at radius 3 is 2.55 bits per heavy atom. The smallest absolute Gasteiger partial charge is 0.351 e. The van der Waals surface area contributed by atoms with Crippen LogP contribution in [0.4, 0.5) is 17.3 Å². The predicted molar refractivity (Wildman–Crippen MR) is 76.4 cm³/mol. The van der Waals surface area contributed by atoms with Crippen molar-refractivity contribution in [1.82, 2.24) is 9.97 Å². The van der Waals surface area contributed by atoms with Crippen molar-refractivity contribution in [1.29, 1.82) is 0 Å². The summed E-state index contributed by atoms with van der Waals surface area (Å²) in [5, 5.41) is 11.3. The Morgan fingerprint density at radius 1 is 1.35 bits per heavy atom. The lowest BCUT2D eigenvalue weighted by Gasteiger charge is -2.27. The lowest BCUT2D eigenvalue weighted by atomic mass is 10.1. The fourth-order valence-electron chi connectivity index (χ4n) is 2.72. The molecule has 110 valence electrons. The van der Waals surface area contributed by atoms with Crippen LogP contribution in [0.15, 0.2) is 6.33 Å². The zero-order valence-corrected chi connectivity index (χ0v) is 11.6. The highest BCUT2D eigenvalue weighted by atomic mass is 16.6. The van der Waals surface area contributed by atoms with E-state index in [1.807, 2.05) is 11.9 Å². The Balaban J connectivity index is 2.32. The van der Waals surface area contributed by atoms with Crippen molar-refractivity contribution in [2.24, 2.45) is 5.84 Å². The third-order valence-corrected chi connectivity index (χ3v) is 3.83. The number of nitro groups is 1. The molecule has 1 aromatic heterocycles. The highest BCUT2D eigenvalue weighted by Crippen LogP contribution is 2.33. The molecule has 8 heteroatoms. The lowest BCUT2D eigenvalue weighted by molar-refractivity contribution is -0.383. The Hall–Kier alpha value is -1.96. The first-order valence-corrected chi connectivity index (χ1v) is 6.84. The van der Waals surface area contributed by atoms with Gasteiger partial charge in [0.15, 0.2) is 0 Å². The average molecular weight is 280 g/mol. The van der Waals surface area contributed by atoms with Gasteiger partial charge in [-0.3, -0.25) is 10.1 Å². The van der Waals surface area contributed by atoms with Crippen LogP contribution in [0.1, 0.15) is 38.5 Å². The summed E-state index contributed by atoms with van der Waals surface area (Å²) < 4.78 is 0. The average Bonchev–Trinajstić information content (AvgIpc) is 2.74. The van der Waals surface area contributed by atoms with Crippen LogP contribution in [-0.4, -0.2) is 28.0 Å². The normalized spacial score (nSPS) is 16.5. The summed E-state index contributed by atoms with van der Waals surface area (Å²) in [7, 11) is 1.85.